The third kappa shape index (κ3) is 6.65. The van der Waals surface area contributed by atoms with Crippen molar-refractivity contribution < 1.29 is 8.42 Å². The fourth-order valence-electron chi connectivity index (χ4n) is 1.23. The smallest absolute Gasteiger partial charge is 0.151 e. The van der Waals surface area contributed by atoms with Crippen LogP contribution in [0, 0.1) is 11.3 Å². The van der Waals surface area contributed by atoms with Crippen molar-refractivity contribution in [1.29, 1.82) is 0 Å². The summed E-state index contributed by atoms with van der Waals surface area (Å²) in [5.74, 6) is 0.833. The zero-order valence-corrected chi connectivity index (χ0v) is 9.53. The van der Waals surface area contributed by atoms with Gasteiger partial charge in [0.25, 0.3) is 0 Å². The van der Waals surface area contributed by atoms with Gasteiger partial charge in [0.2, 0.25) is 0 Å². The van der Waals surface area contributed by atoms with Crippen molar-refractivity contribution in [2.45, 2.75) is 34.6 Å². The Balaban J connectivity index is 4.26. The normalized spacial score (nSPS) is 13.8. The van der Waals surface area contributed by atoms with E-state index in [9.17, 15) is 8.42 Å². The lowest BCUT2D eigenvalue weighted by molar-refractivity contribution is 0.459. The number of rotatable bonds is 3. The lowest BCUT2D eigenvalue weighted by atomic mass is 10.0. The molecule has 0 atom stereocenters. The van der Waals surface area contributed by atoms with Crippen LogP contribution >= 0.6 is 0 Å². The van der Waals surface area contributed by atoms with Crippen molar-refractivity contribution in [1.82, 2.24) is 0 Å². The average molecular weight is 192 g/mol. The fourth-order valence-corrected chi connectivity index (χ4v) is 3.68. The predicted molar refractivity (Wildman–Crippen MR) is 52.9 cm³/mol. The number of hydrogen-bond donors (Lipinski definition) is 0. The summed E-state index contributed by atoms with van der Waals surface area (Å²) < 4.78 is 22.9. The highest BCUT2D eigenvalue weighted by Crippen LogP contribution is 2.17. The lowest BCUT2D eigenvalue weighted by Gasteiger charge is -2.18. The molecule has 0 rings (SSSR count). The molecule has 0 amide bonds. The minimum absolute atomic E-state index is 0.117. The van der Waals surface area contributed by atoms with E-state index in [-0.39, 0.29) is 17.1 Å². The molecule has 0 N–H and O–H groups in total. The first kappa shape index (κ1) is 11.9. The Bertz CT molecular complexity index is 219. The van der Waals surface area contributed by atoms with Crippen molar-refractivity contribution in [3.63, 3.8) is 0 Å². The van der Waals surface area contributed by atoms with Gasteiger partial charge in [-0.15, -0.1) is 0 Å². The van der Waals surface area contributed by atoms with E-state index < -0.39 is 9.84 Å². The van der Waals surface area contributed by atoms with Crippen LogP contribution < -0.4 is 0 Å². The zero-order chi connectivity index (χ0) is 9.99. The summed E-state index contributed by atoms with van der Waals surface area (Å²) in [6.45, 7) is 9.71. The van der Waals surface area contributed by atoms with E-state index in [0.29, 0.717) is 5.75 Å². The van der Waals surface area contributed by atoms with Crippen LogP contribution in [-0.2, 0) is 9.84 Å². The topological polar surface area (TPSA) is 34.1 Å². The first-order valence-electron chi connectivity index (χ1n) is 4.33. The van der Waals surface area contributed by atoms with Crippen LogP contribution in [0.5, 0.6) is 0 Å². The van der Waals surface area contributed by atoms with Crippen LogP contribution in [-0.4, -0.2) is 19.9 Å². The van der Waals surface area contributed by atoms with Gasteiger partial charge in [0.05, 0.1) is 11.5 Å². The van der Waals surface area contributed by atoms with Gasteiger partial charge in [0.15, 0.2) is 9.84 Å². The highest BCUT2D eigenvalue weighted by Gasteiger charge is 2.22. The average Bonchev–Trinajstić information content (AvgIpc) is 1.48. The summed E-state index contributed by atoms with van der Waals surface area (Å²) in [6.07, 6.45) is 0. The molecular formula is C9H20O2S. The minimum Gasteiger partial charge on any atom is -0.229 e. The third-order valence-corrected chi connectivity index (χ3v) is 3.72. The van der Waals surface area contributed by atoms with E-state index >= 15 is 0 Å². The monoisotopic (exact) mass is 192 g/mol. The van der Waals surface area contributed by atoms with Crippen molar-refractivity contribution in [3.05, 3.63) is 0 Å². The molecule has 2 nitrogen and oxygen atoms in total. The molecular weight excluding hydrogens is 172 g/mol. The van der Waals surface area contributed by atoms with Gasteiger partial charge in [-0.25, -0.2) is 8.42 Å². The summed E-state index contributed by atoms with van der Waals surface area (Å²) in [5.41, 5.74) is -0.117. The molecule has 0 aliphatic heterocycles. The molecule has 12 heavy (non-hydrogen) atoms. The fraction of sp³-hybridized carbons (Fsp3) is 1.00. The van der Waals surface area contributed by atoms with Gasteiger partial charge in [0, 0.05) is 0 Å². The van der Waals surface area contributed by atoms with Crippen molar-refractivity contribution >= 4 is 9.84 Å². The summed E-state index contributed by atoms with van der Waals surface area (Å²) in [7, 11) is -2.84. The van der Waals surface area contributed by atoms with E-state index in [1.807, 2.05) is 34.6 Å². The molecule has 0 unspecified atom stereocenters. The molecule has 0 aromatic heterocycles. The molecule has 0 saturated carbocycles. The van der Waals surface area contributed by atoms with Crippen LogP contribution in [0.3, 0.4) is 0 Å². The van der Waals surface area contributed by atoms with Crippen LogP contribution in [0.4, 0.5) is 0 Å². The van der Waals surface area contributed by atoms with Crippen molar-refractivity contribution in [2.75, 3.05) is 11.5 Å². The molecule has 3 heteroatoms. The molecule has 0 fully saturated rings. The Morgan fingerprint density at radius 1 is 1.17 bits per heavy atom. The third-order valence-electron chi connectivity index (χ3n) is 1.24. The van der Waals surface area contributed by atoms with Crippen molar-refractivity contribution in [3.8, 4) is 0 Å². The van der Waals surface area contributed by atoms with Crippen LogP contribution in [0.15, 0.2) is 0 Å². The number of sulfone groups is 1. The van der Waals surface area contributed by atoms with Gasteiger partial charge in [-0.2, -0.15) is 0 Å². The Hall–Kier alpha value is -0.0500. The molecule has 0 radical (unpaired) electrons. The van der Waals surface area contributed by atoms with Gasteiger partial charge < -0.3 is 0 Å². The summed E-state index contributed by atoms with van der Waals surface area (Å²) >= 11 is 0. The molecule has 0 saturated heterocycles. The van der Waals surface area contributed by atoms with Gasteiger partial charge in [-0.05, 0) is 11.3 Å². The molecule has 74 valence electrons. The van der Waals surface area contributed by atoms with E-state index in [1.165, 1.54) is 0 Å². The lowest BCUT2D eigenvalue weighted by Crippen LogP contribution is -2.24. The van der Waals surface area contributed by atoms with E-state index in [4.69, 9.17) is 0 Å². The SMILES string of the molecule is CC(C)CS(=O)(=O)CC(C)(C)C. The van der Waals surface area contributed by atoms with Crippen LogP contribution in [0.1, 0.15) is 34.6 Å². The Kier molecular flexibility index (Phi) is 3.76. The maximum absolute atomic E-state index is 11.5. The maximum Gasteiger partial charge on any atom is 0.151 e. The second-order valence-electron chi connectivity index (χ2n) is 5.01. The summed E-state index contributed by atoms with van der Waals surface area (Å²) in [6, 6.07) is 0. The molecule has 0 aromatic rings. The molecule has 0 bridgehead atoms. The molecule has 0 aliphatic rings. The quantitative estimate of drug-likeness (QED) is 0.686. The first-order valence-corrected chi connectivity index (χ1v) is 6.15. The maximum atomic E-state index is 11.5. The molecule has 0 spiro atoms. The molecule has 0 aliphatic carbocycles. The van der Waals surface area contributed by atoms with Gasteiger partial charge in [0.1, 0.15) is 0 Å². The summed E-state index contributed by atoms with van der Waals surface area (Å²) in [5, 5.41) is 0. The second-order valence-corrected chi connectivity index (χ2v) is 7.12. The zero-order valence-electron chi connectivity index (χ0n) is 8.72. The van der Waals surface area contributed by atoms with Crippen LogP contribution in [0.2, 0.25) is 0 Å². The van der Waals surface area contributed by atoms with Crippen molar-refractivity contribution in [2.24, 2.45) is 11.3 Å². The standard InChI is InChI=1S/C9H20O2S/c1-8(2)6-12(10,11)7-9(3,4)5/h8H,6-7H2,1-5H3. The highest BCUT2D eigenvalue weighted by molar-refractivity contribution is 7.91. The van der Waals surface area contributed by atoms with Gasteiger partial charge in [-0.3, -0.25) is 0 Å². The minimum atomic E-state index is -2.84. The molecule has 0 heterocycles. The van der Waals surface area contributed by atoms with E-state index in [1.54, 1.807) is 0 Å². The summed E-state index contributed by atoms with van der Waals surface area (Å²) in [4.78, 5) is 0. The van der Waals surface area contributed by atoms with E-state index in [0.717, 1.165) is 0 Å². The Labute approximate surface area is 76.3 Å². The Morgan fingerprint density at radius 3 is 1.83 bits per heavy atom. The van der Waals surface area contributed by atoms with Gasteiger partial charge in [-0.1, -0.05) is 34.6 Å². The number of hydrogen-bond acceptors (Lipinski definition) is 2. The van der Waals surface area contributed by atoms with E-state index in [2.05, 4.69) is 0 Å². The highest BCUT2D eigenvalue weighted by atomic mass is 32.2. The second kappa shape index (κ2) is 3.77. The largest absolute Gasteiger partial charge is 0.229 e. The van der Waals surface area contributed by atoms with Crippen LogP contribution in [0.25, 0.3) is 0 Å². The molecule has 0 aromatic carbocycles. The Morgan fingerprint density at radius 2 is 1.58 bits per heavy atom. The first-order chi connectivity index (χ1) is 5.12. The predicted octanol–water partition coefficient (Wildman–Crippen LogP) is 2.10. The van der Waals surface area contributed by atoms with Gasteiger partial charge >= 0.3 is 0 Å².